The van der Waals surface area contributed by atoms with E-state index in [1.165, 1.54) is 0 Å². The van der Waals surface area contributed by atoms with E-state index in [0.717, 1.165) is 11.1 Å². The lowest BCUT2D eigenvalue weighted by atomic mass is 10.1. The number of ether oxygens (including phenoxy) is 1. The number of halogens is 4. The van der Waals surface area contributed by atoms with Crippen molar-refractivity contribution in [1.29, 1.82) is 0 Å². The molecule has 1 amide bonds. The topological polar surface area (TPSA) is 91.4 Å². The summed E-state index contributed by atoms with van der Waals surface area (Å²) in [7, 11) is -4.21. The molecule has 0 N–H and O–H groups in total. The van der Waals surface area contributed by atoms with Gasteiger partial charge in [0.25, 0.3) is 0 Å². The number of fused-ring (bicyclic) bond motifs is 1. The quantitative estimate of drug-likeness (QED) is 0.301. The van der Waals surface area contributed by atoms with Gasteiger partial charge in [-0.3, -0.25) is 28.1 Å². The third kappa shape index (κ3) is 4.06. The highest BCUT2D eigenvalue weighted by Gasteiger charge is 2.49. The van der Waals surface area contributed by atoms with Gasteiger partial charge in [-0.05, 0) is 6.07 Å². The molecule has 4 rings (SSSR count). The lowest BCUT2D eigenvalue weighted by Gasteiger charge is -2.30. The number of amides is 1. The fourth-order valence-corrected chi connectivity index (χ4v) is 4.58. The Balaban J connectivity index is 1.41. The van der Waals surface area contributed by atoms with E-state index in [-0.39, 0.29) is 13.0 Å². The van der Waals surface area contributed by atoms with Gasteiger partial charge < -0.3 is 4.74 Å². The summed E-state index contributed by atoms with van der Waals surface area (Å²) in [6.45, 7) is -0.992. The molecule has 0 saturated carbocycles. The third-order valence-electron chi connectivity index (χ3n) is 4.74. The van der Waals surface area contributed by atoms with Crippen molar-refractivity contribution in [2.45, 2.75) is 37.9 Å². The molecule has 0 aliphatic carbocycles. The van der Waals surface area contributed by atoms with Gasteiger partial charge >= 0.3 is 7.82 Å². The Bertz CT molecular complexity index is 987. The number of Topliss-reactive ketones (excluding diaryl/α,β-unsaturated/α-hetero) is 1. The maximum absolute atomic E-state index is 13.7. The predicted molar refractivity (Wildman–Crippen MR) is 88.5 cm³/mol. The van der Waals surface area contributed by atoms with Gasteiger partial charge in [-0.15, -0.1) is 0 Å². The van der Waals surface area contributed by atoms with Gasteiger partial charge in [-0.2, -0.15) is 0 Å². The minimum Gasteiger partial charge on any atom is -0.349 e. The lowest BCUT2D eigenvalue weighted by molar-refractivity contribution is -0.146. The van der Waals surface area contributed by atoms with Crippen molar-refractivity contribution in [2.24, 2.45) is 0 Å². The van der Waals surface area contributed by atoms with Crippen LogP contribution >= 0.6 is 7.82 Å². The van der Waals surface area contributed by atoms with E-state index >= 15 is 0 Å². The number of allylic oxidation sites excluding steroid dienone is 1. The monoisotopic (exact) mass is 451 g/mol. The predicted octanol–water partition coefficient (Wildman–Crippen LogP) is 2.87. The van der Waals surface area contributed by atoms with Gasteiger partial charge in [0.2, 0.25) is 11.7 Å². The van der Waals surface area contributed by atoms with Gasteiger partial charge in [0.05, 0.1) is 19.6 Å². The number of phosphoric ester groups is 1. The molecule has 1 aromatic rings. The molecule has 3 aliphatic rings. The summed E-state index contributed by atoms with van der Waals surface area (Å²) in [4.78, 5) is 24.2. The number of nitrogens with zero attached hydrogens (tertiary/aromatic N) is 1. The van der Waals surface area contributed by atoms with Crippen LogP contribution in [0.3, 0.4) is 0 Å². The number of hydrogen-bond donors (Lipinski definition) is 0. The summed E-state index contributed by atoms with van der Waals surface area (Å²) in [5.41, 5.74) is -0.400. The summed E-state index contributed by atoms with van der Waals surface area (Å²) in [6, 6.07) is 0.882. The first-order valence-electron chi connectivity index (χ1n) is 8.73. The number of hydrogen-bond acceptors (Lipinski definition) is 7. The molecule has 0 radical (unpaired) electrons. The zero-order valence-corrected chi connectivity index (χ0v) is 16.0. The number of rotatable bonds is 4. The van der Waals surface area contributed by atoms with Crippen molar-refractivity contribution in [2.75, 3.05) is 6.61 Å². The van der Waals surface area contributed by atoms with E-state index in [0.29, 0.717) is 12.1 Å². The number of phosphoric acid groups is 1. The van der Waals surface area contributed by atoms with Crippen LogP contribution in [0.25, 0.3) is 0 Å². The fourth-order valence-electron chi connectivity index (χ4n) is 3.21. The Morgan fingerprint density at radius 3 is 2.60 bits per heavy atom. The van der Waals surface area contributed by atoms with E-state index in [2.05, 4.69) is 0 Å². The van der Waals surface area contributed by atoms with E-state index in [1.54, 1.807) is 0 Å². The van der Waals surface area contributed by atoms with E-state index < -0.39 is 79.8 Å². The summed E-state index contributed by atoms with van der Waals surface area (Å²) >= 11 is 0. The average Bonchev–Trinajstić information content (AvgIpc) is 3.09. The van der Waals surface area contributed by atoms with Crippen molar-refractivity contribution in [1.82, 2.24) is 4.90 Å². The van der Waals surface area contributed by atoms with E-state index in [4.69, 9.17) is 18.3 Å². The van der Waals surface area contributed by atoms with Crippen LogP contribution in [-0.4, -0.2) is 41.6 Å². The highest BCUT2D eigenvalue weighted by molar-refractivity contribution is 7.48. The zero-order chi connectivity index (χ0) is 21.6. The van der Waals surface area contributed by atoms with Crippen LogP contribution in [0, 0.1) is 17.5 Å². The lowest BCUT2D eigenvalue weighted by Crippen LogP contribution is -2.40. The van der Waals surface area contributed by atoms with Gasteiger partial charge in [0.15, 0.2) is 17.5 Å². The molecule has 0 aromatic heterocycles. The van der Waals surface area contributed by atoms with Gasteiger partial charge in [-0.1, -0.05) is 0 Å². The van der Waals surface area contributed by atoms with Crippen LogP contribution in [0.4, 0.5) is 17.6 Å². The molecule has 8 nitrogen and oxygen atoms in total. The van der Waals surface area contributed by atoms with Crippen molar-refractivity contribution in [3.05, 3.63) is 47.2 Å². The molecule has 1 aromatic carbocycles. The smallest absolute Gasteiger partial charge is 0.349 e. The normalized spacial score (nSPS) is 31.7. The number of ketones is 1. The SMILES string of the molecule is O=C1CC(=O)N([C@H]2C[C@@H]3OP(=O)(OCc4cc(F)c(F)cc4F)OC[C@H]3O2)C=C1F. The minimum atomic E-state index is -4.21. The first-order chi connectivity index (χ1) is 14.1. The molecule has 2 saturated heterocycles. The molecule has 13 heteroatoms. The van der Waals surface area contributed by atoms with Crippen LogP contribution < -0.4 is 0 Å². The van der Waals surface area contributed by atoms with Crippen molar-refractivity contribution in [3.63, 3.8) is 0 Å². The Labute approximate surface area is 166 Å². The van der Waals surface area contributed by atoms with Crippen molar-refractivity contribution in [3.8, 4) is 0 Å². The number of carbonyl (C=O) groups excluding carboxylic acids is 2. The Kier molecular flexibility index (Phi) is 5.54. The van der Waals surface area contributed by atoms with E-state index in [9.17, 15) is 31.7 Å². The third-order valence-corrected chi connectivity index (χ3v) is 6.18. The maximum Gasteiger partial charge on any atom is 0.475 e. The molecule has 30 heavy (non-hydrogen) atoms. The number of carbonyl (C=O) groups is 2. The molecule has 3 heterocycles. The van der Waals surface area contributed by atoms with Crippen LogP contribution in [0.1, 0.15) is 18.4 Å². The molecular formula is C17H14F4NO7P. The fraction of sp³-hybridized carbons (Fsp3) is 0.412. The second-order valence-corrected chi connectivity index (χ2v) is 8.38. The van der Waals surface area contributed by atoms with Gasteiger partial charge in [0.1, 0.15) is 24.3 Å². The van der Waals surface area contributed by atoms with Crippen LogP contribution in [0.2, 0.25) is 0 Å². The second-order valence-electron chi connectivity index (χ2n) is 6.76. The van der Waals surface area contributed by atoms with Crippen LogP contribution in [-0.2, 0) is 39.1 Å². The molecule has 0 bridgehead atoms. The summed E-state index contributed by atoms with van der Waals surface area (Å²) in [5, 5.41) is 0. The number of benzene rings is 1. The first kappa shape index (κ1) is 21.1. The minimum absolute atomic E-state index is 0.0232. The van der Waals surface area contributed by atoms with Gasteiger partial charge in [0, 0.05) is 24.3 Å². The average molecular weight is 451 g/mol. The van der Waals surface area contributed by atoms with Crippen molar-refractivity contribution >= 4 is 19.5 Å². The highest BCUT2D eigenvalue weighted by atomic mass is 31.2. The zero-order valence-electron chi connectivity index (χ0n) is 15.1. The summed E-state index contributed by atoms with van der Waals surface area (Å²) in [5.74, 6) is -6.49. The standard InChI is InChI=1S/C17H14F4NO7P/c18-9-2-11(20)10(19)1-8(9)6-26-30(25)27-7-15-14(29-30)4-17(28-15)22-5-12(21)13(23)3-16(22)24/h1-2,5,14-15,17H,3-4,6-7H2/t14-,15+,17+,30?/m0/s1. The molecule has 1 unspecified atom stereocenters. The second kappa shape index (κ2) is 7.86. The Morgan fingerprint density at radius 1 is 1.10 bits per heavy atom. The molecule has 2 fully saturated rings. The largest absolute Gasteiger partial charge is 0.475 e. The summed E-state index contributed by atoms with van der Waals surface area (Å²) < 4.78 is 87.1. The molecule has 4 atom stereocenters. The summed E-state index contributed by atoms with van der Waals surface area (Å²) in [6.07, 6.45) is -2.54. The van der Waals surface area contributed by atoms with Crippen LogP contribution in [0.15, 0.2) is 24.2 Å². The molecule has 0 spiro atoms. The molecular weight excluding hydrogens is 437 g/mol. The maximum atomic E-state index is 13.7. The molecule has 162 valence electrons. The Morgan fingerprint density at radius 2 is 1.83 bits per heavy atom. The Hall–Kier alpha value is -2.11. The van der Waals surface area contributed by atoms with Gasteiger partial charge in [-0.25, -0.2) is 22.1 Å². The highest BCUT2D eigenvalue weighted by Crippen LogP contribution is 2.56. The molecule has 3 aliphatic heterocycles. The first-order valence-corrected chi connectivity index (χ1v) is 10.2. The van der Waals surface area contributed by atoms with E-state index in [1.807, 2.05) is 0 Å². The van der Waals surface area contributed by atoms with Crippen molar-refractivity contribution < 1.29 is 50.0 Å². The van der Waals surface area contributed by atoms with Crippen LogP contribution in [0.5, 0.6) is 0 Å².